The highest BCUT2D eigenvalue weighted by Gasteiger charge is 2.11. The first-order valence-electron chi connectivity index (χ1n) is 3.57. The van der Waals surface area contributed by atoms with Gasteiger partial charge < -0.3 is 5.11 Å². The summed E-state index contributed by atoms with van der Waals surface area (Å²) in [5, 5.41) is 10.9. The minimum Gasteiger partial charge on any atom is -0.513 e. The molecule has 13 heavy (non-hydrogen) atoms. The molecule has 0 aromatic heterocycles. The van der Waals surface area contributed by atoms with Crippen molar-refractivity contribution in [3.63, 3.8) is 0 Å². The molecule has 0 bridgehead atoms. The minimum atomic E-state index is -0.585. The van der Waals surface area contributed by atoms with Crippen LogP contribution in [-0.2, 0) is 0 Å². The van der Waals surface area contributed by atoms with Gasteiger partial charge in [-0.05, 0) is 5.18 Å². The van der Waals surface area contributed by atoms with E-state index in [9.17, 15) is 9.70 Å². The van der Waals surface area contributed by atoms with Crippen LogP contribution in [0.25, 0.3) is 0 Å². The van der Waals surface area contributed by atoms with E-state index in [1.807, 2.05) is 0 Å². The van der Waals surface area contributed by atoms with Crippen molar-refractivity contribution in [3.05, 3.63) is 52.8 Å². The van der Waals surface area contributed by atoms with Gasteiger partial charge in [-0.15, -0.1) is 4.91 Å². The number of ketones is 1. The van der Waals surface area contributed by atoms with Crippen molar-refractivity contribution >= 4 is 5.78 Å². The monoisotopic (exact) mass is 177 g/mol. The maximum atomic E-state index is 11.3. The molecule has 0 radical (unpaired) electrons. The molecule has 0 saturated heterocycles. The summed E-state index contributed by atoms with van der Waals surface area (Å²) >= 11 is 0. The molecule has 0 heterocycles. The molecule has 0 saturated carbocycles. The Morgan fingerprint density at radius 2 is 1.92 bits per heavy atom. The number of carbonyl (C=O) groups is 1. The third-order valence-corrected chi connectivity index (χ3v) is 1.49. The highest BCUT2D eigenvalue weighted by atomic mass is 16.3. The fourth-order valence-corrected chi connectivity index (χ4v) is 0.861. The summed E-state index contributed by atoms with van der Waals surface area (Å²) in [5.74, 6) is -0.585. The van der Waals surface area contributed by atoms with Crippen LogP contribution in [0.1, 0.15) is 10.4 Å². The molecule has 1 aromatic rings. The second-order valence-electron chi connectivity index (χ2n) is 2.30. The number of nitroso groups, excluding NO2 is 1. The molecule has 0 aliphatic rings. The molecule has 4 heteroatoms. The normalized spacial score (nSPS) is 10.9. The highest BCUT2D eigenvalue weighted by Crippen LogP contribution is 2.07. The third-order valence-electron chi connectivity index (χ3n) is 1.49. The van der Waals surface area contributed by atoms with E-state index in [1.165, 1.54) is 12.1 Å². The molecule has 0 unspecified atom stereocenters. The summed E-state index contributed by atoms with van der Waals surface area (Å²) < 4.78 is 0. The van der Waals surface area contributed by atoms with E-state index in [1.54, 1.807) is 18.2 Å². The lowest BCUT2D eigenvalue weighted by molar-refractivity contribution is 0.103. The zero-order valence-corrected chi connectivity index (χ0v) is 6.68. The Morgan fingerprint density at radius 1 is 1.31 bits per heavy atom. The highest BCUT2D eigenvalue weighted by molar-refractivity contribution is 6.08. The Bertz CT molecular complexity index is 343. The Morgan fingerprint density at radius 3 is 2.38 bits per heavy atom. The number of carbonyl (C=O) groups excluding carboxylic acids is 1. The molecule has 0 aliphatic carbocycles. The van der Waals surface area contributed by atoms with Crippen molar-refractivity contribution in [2.45, 2.75) is 0 Å². The van der Waals surface area contributed by atoms with Crippen LogP contribution < -0.4 is 0 Å². The van der Waals surface area contributed by atoms with Crippen molar-refractivity contribution in [1.29, 1.82) is 0 Å². The van der Waals surface area contributed by atoms with Gasteiger partial charge in [-0.2, -0.15) is 0 Å². The first-order valence-corrected chi connectivity index (χ1v) is 3.57. The van der Waals surface area contributed by atoms with Crippen LogP contribution in [-0.4, -0.2) is 10.9 Å². The predicted octanol–water partition coefficient (Wildman–Crippen LogP) is 2.04. The molecule has 0 spiro atoms. The van der Waals surface area contributed by atoms with E-state index in [4.69, 9.17) is 5.11 Å². The molecule has 0 atom stereocenters. The fourth-order valence-electron chi connectivity index (χ4n) is 0.861. The van der Waals surface area contributed by atoms with Gasteiger partial charge in [-0.25, -0.2) is 0 Å². The van der Waals surface area contributed by atoms with Gasteiger partial charge in [0.2, 0.25) is 5.78 Å². The van der Waals surface area contributed by atoms with Gasteiger partial charge in [0.25, 0.3) is 0 Å². The predicted molar refractivity (Wildman–Crippen MR) is 47.3 cm³/mol. The molecule has 66 valence electrons. The zero-order chi connectivity index (χ0) is 9.68. The van der Waals surface area contributed by atoms with E-state index < -0.39 is 11.5 Å². The number of benzene rings is 1. The van der Waals surface area contributed by atoms with Crippen LogP contribution >= 0.6 is 0 Å². The van der Waals surface area contributed by atoms with Crippen LogP contribution in [0, 0.1) is 4.91 Å². The number of Topliss-reactive ketones (excluding diaryl/α,β-unsaturated/α-hetero) is 1. The van der Waals surface area contributed by atoms with E-state index >= 15 is 0 Å². The summed E-state index contributed by atoms with van der Waals surface area (Å²) in [6.07, 6.45) is 0.405. The first kappa shape index (κ1) is 9.12. The van der Waals surface area contributed by atoms with Gasteiger partial charge in [0.1, 0.15) is 6.26 Å². The number of nitrogens with zero attached hydrogens (tertiary/aromatic N) is 1. The van der Waals surface area contributed by atoms with Gasteiger partial charge in [-0.3, -0.25) is 4.79 Å². The maximum Gasteiger partial charge on any atom is 0.218 e. The lowest BCUT2D eigenvalue weighted by Gasteiger charge is -1.95. The van der Waals surface area contributed by atoms with Crippen LogP contribution in [0.2, 0.25) is 0 Å². The zero-order valence-electron chi connectivity index (χ0n) is 6.68. The average molecular weight is 177 g/mol. The molecular formula is C9H7NO3. The summed E-state index contributed by atoms with van der Waals surface area (Å²) in [6.45, 7) is 0. The average Bonchev–Trinajstić information content (AvgIpc) is 2.21. The molecule has 4 nitrogen and oxygen atoms in total. The molecule has 0 aliphatic heterocycles. The number of rotatable bonds is 3. The Labute approximate surface area is 74.5 Å². The van der Waals surface area contributed by atoms with Crippen LogP contribution in [0.4, 0.5) is 0 Å². The third kappa shape index (κ3) is 1.99. The maximum absolute atomic E-state index is 11.3. The lowest BCUT2D eigenvalue weighted by atomic mass is 10.1. The molecule has 1 N–H and O–H groups in total. The minimum absolute atomic E-state index is 0.322. The van der Waals surface area contributed by atoms with Crippen molar-refractivity contribution in [3.8, 4) is 0 Å². The lowest BCUT2D eigenvalue weighted by Crippen LogP contribution is -2.00. The number of hydrogen-bond donors (Lipinski definition) is 1. The smallest absolute Gasteiger partial charge is 0.218 e. The Balaban J connectivity index is 2.98. The number of hydrogen-bond acceptors (Lipinski definition) is 4. The molecule has 0 amide bonds. The van der Waals surface area contributed by atoms with E-state index in [0.717, 1.165) is 0 Å². The SMILES string of the molecule is O=N/C(=C/O)C(=O)c1ccccc1. The van der Waals surface area contributed by atoms with Crippen LogP contribution in [0.5, 0.6) is 0 Å². The van der Waals surface area contributed by atoms with E-state index in [2.05, 4.69) is 5.18 Å². The standard InChI is InChI=1S/C9H7NO3/c11-6-8(10-13)9(12)7-4-2-1-3-5-7/h1-6,11H/b8-6+. The van der Waals surface area contributed by atoms with Crippen molar-refractivity contribution in [1.82, 2.24) is 0 Å². The molecule has 1 aromatic carbocycles. The number of aliphatic hydroxyl groups excluding tert-OH is 1. The summed E-state index contributed by atoms with van der Waals surface area (Å²) in [5.41, 5.74) is -0.173. The largest absolute Gasteiger partial charge is 0.513 e. The van der Waals surface area contributed by atoms with E-state index in [0.29, 0.717) is 11.8 Å². The molecule has 0 fully saturated rings. The van der Waals surface area contributed by atoms with Gasteiger partial charge in [-0.1, -0.05) is 30.3 Å². The second kappa shape index (κ2) is 4.15. The van der Waals surface area contributed by atoms with Crippen LogP contribution in [0.3, 0.4) is 0 Å². The van der Waals surface area contributed by atoms with Gasteiger partial charge in [0, 0.05) is 5.56 Å². The molecular weight excluding hydrogens is 170 g/mol. The van der Waals surface area contributed by atoms with Gasteiger partial charge >= 0.3 is 0 Å². The Kier molecular flexibility index (Phi) is 2.92. The number of aliphatic hydroxyl groups is 1. The summed E-state index contributed by atoms with van der Waals surface area (Å²) in [6, 6.07) is 8.14. The molecule has 1 rings (SSSR count). The first-order chi connectivity index (χ1) is 6.29. The van der Waals surface area contributed by atoms with E-state index in [-0.39, 0.29) is 0 Å². The van der Waals surface area contributed by atoms with Gasteiger partial charge in [0.05, 0.1) is 0 Å². The fraction of sp³-hybridized carbons (Fsp3) is 0. The van der Waals surface area contributed by atoms with Crippen molar-refractivity contribution in [2.75, 3.05) is 0 Å². The quantitative estimate of drug-likeness (QED) is 0.332. The summed E-state index contributed by atoms with van der Waals surface area (Å²) in [7, 11) is 0. The van der Waals surface area contributed by atoms with Crippen molar-refractivity contribution in [2.24, 2.45) is 5.18 Å². The second-order valence-corrected chi connectivity index (χ2v) is 2.30. The topological polar surface area (TPSA) is 66.7 Å². The Hall–Kier alpha value is -1.97. The summed E-state index contributed by atoms with van der Waals surface area (Å²) in [4.78, 5) is 21.3. The number of allylic oxidation sites excluding steroid dienone is 1. The van der Waals surface area contributed by atoms with Crippen LogP contribution in [0.15, 0.2) is 47.5 Å². The van der Waals surface area contributed by atoms with Gasteiger partial charge in [0.15, 0.2) is 5.70 Å². The van der Waals surface area contributed by atoms with Crippen molar-refractivity contribution < 1.29 is 9.90 Å².